The van der Waals surface area contributed by atoms with Crippen LogP contribution in [0.3, 0.4) is 0 Å². The van der Waals surface area contributed by atoms with Crippen LogP contribution < -0.4 is 31.8 Å². The zero-order valence-corrected chi connectivity index (χ0v) is 27.1. The molecule has 0 saturated heterocycles. The Morgan fingerprint density at radius 2 is 0.425 bits per heavy atom. The van der Waals surface area contributed by atoms with E-state index in [2.05, 4.69) is 202 Å². The molecule has 0 aliphatic heterocycles. The molecule has 6 rings (SSSR count). The fourth-order valence-corrected chi connectivity index (χ4v) is 45.9. The van der Waals surface area contributed by atoms with Crippen molar-refractivity contribution in [1.29, 1.82) is 0 Å². The molecule has 0 atom stereocenters. The van der Waals surface area contributed by atoms with Gasteiger partial charge in [-0.05, 0) is 0 Å². The van der Waals surface area contributed by atoms with E-state index < -0.39 is 11.9 Å². The van der Waals surface area contributed by atoms with Crippen molar-refractivity contribution in [2.75, 3.05) is 0 Å². The van der Waals surface area contributed by atoms with Gasteiger partial charge in [0.2, 0.25) is 0 Å². The van der Waals surface area contributed by atoms with Gasteiger partial charge in [0.1, 0.15) is 0 Å². The molecule has 0 saturated carbocycles. The van der Waals surface area contributed by atoms with Gasteiger partial charge in [-0.2, -0.15) is 0 Å². The summed E-state index contributed by atoms with van der Waals surface area (Å²) >= 11 is 2.94. The van der Waals surface area contributed by atoms with E-state index in [-0.39, 0.29) is 9.77 Å². The van der Waals surface area contributed by atoms with E-state index in [1.54, 1.807) is 0 Å². The standard InChI is InChI=1S/2C18H15P.Cu.HI/c2*1-4-10-16(11-5-1)19(17-12-6-2-7-13-17)18-14-8-3-9-15-18;;/h2*1-15H;;1H/q;;-1;/p+1. The van der Waals surface area contributed by atoms with Crippen LogP contribution in [0.4, 0.5) is 0 Å². The van der Waals surface area contributed by atoms with E-state index in [0.717, 1.165) is 0 Å². The molecule has 0 aromatic heterocycles. The molecule has 0 nitrogen and oxygen atoms in total. The number of benzene rings is 6. The van der Waals surface area contributed by atoms with Gasteiger partial charge < -0.3 is 0 Å². The molecule has 0 unspecified atom stereocenters. The average molecular weight is 717 g/mol. The molecule has 0 fully saturated rings. The summed E-state index contributed by atoms with van der Waals surface area (Å²) in [7, 11) is -0.0150. The zero-order valence-electron chi connectivity index (χ0n) is 22.0. The van der Waals surface area contributed by atoms with Gasteiger partial charge in [0.25, 0.3) is 0 Å². The molecule has 0 bridgehead atoms. The third-order valence-electron chi connectivity index (χ3n) is 7.29. The third kappa shape index (κ3) is 4.81. The summed E-state index contributed by atoms with van der Waals surface area (Å²) in [6.45, 7) is 0. The second kappa shape index (κ2) is 12.5. The molecule has 40 heavy (non-hydrogen) atoms. The monoisotopic (exact) mass is 716 g/mol. The molecule has 0 amide bonds. The van der Waals surface area contributed by atoms with Gasteiger partial charge in [0.05, 0.1) is 0 Å². The van der Waals surface area contributed by atoms with Crippen LogP contribution in [0.15, 0.2) is 182 Å². The van der Waals surface area contributed by atoms with Crippen LogP contribution >= 0.6 is 32.2 Å². The third-order valence-corrected chi connectivity index (χ3v) is 40.9. The van der Waals surface area contributed by atoms with Crippen molar-refractivity contribution in [2.24, 2.45) is 0 Å². The maximum absolute atomic E-state index is 2.94. The topological polar surface area (TPSA) is 0 Å². The van der Waals surface area contributed by atoms with Crippen LogP contribution in [-0.4, -0.2) is 0 Å². The average Bonchev–Trinajstić information content (AvgIpc) is 3.05. The van der Waals surface area contributed by atoms with Crippen molar-refractivity contribution in [3.05, 3.63) is 182 Å². The second-order valence-electron chi connectivity index (χ2n) is 9.59. The zero-order chi connectivity index (χ0) is 27.3. The predicted molar refractivity (Wildman–Crippen MR) is 187 cm³/mol. The van der Waals surface area contributed by atoms with Crippen molar-refractivity contribution in [1.82, 2.24) is 0 Å². The fourth-order valence-electron chi connectivity index (χ4n) is 5.56. The molecule has 6 aromatic carbocycles. The molecule has 0 aliphatic rings. The summed E-state index contributed by atoms with van der Waals surface area (Å²) in [5.41, 5.74) is 0. The Morgan fingerprint density at radius 3 is 0.575 bits per heavy atom. The van der Waals surface area contributed by atoms with Crippen molar-refractivity contribution in [2.45, 2.75) is 0 Å². The normalized spacial score (nSPS) is 12.9. The summed E-state index contributed by atoms with van der Waals surface area (Å²) < 4.78 is 0. The first kappa shape index (κ1) is 27.6. The Balaban J connectivity index is 1.81. The van der Waals surface area contributed by atoms with Gasteiger partial charge in [0.15, 0.2) is 0 Å². The van der Waals surface area contributed by atoms with Crippen LogP contribution in [0.25, 0.3) is 0 Å². The Bertz CT molecular complexity index is 1310. The Labute approximate surface area is 254 Å². The molecule has 0 aliphatic carbocycles. The maximum atomic E-state index is 2.94. The fraction of sp³-hybridized carbons (Fsp3) is 0. The molecule has 204 valence electrons. The van der Waals surface area contributed by atoms with E-state index in [4.69, 9.17) is 0 Å². The van der Waals surface area contributed by atoms with Crippen molar-refractivity contribution < 1.29 is 9.77 Å². The van der Waals surface area contributed by atoms with Gasteiger partial charge in [-0.15, -0.1) is 0 Å². The van der Waals surface area contributed by atoms with Gasteiger partial charge in [0, 0.05) is 0 Å². The summed E-state index contributed by atoms with van der Waals surface area (Å²) in [4.78, 5) is 0. The van der Waals surface area contributed by atoms with Crippen LogP contribution in [0, 0.1) is 0 Å². The molecule has 0 spiro atoms. The van der Waals surface area contributed by atoms with Crippen molar-refractivity contribution >= 4 is 64.1 Å². The summed E-state index contributed by atoms with van der Waals surface area (Å²) in [5.74, 6) is -5.28. The van der Waals surface area contributed by atoms with Crippen molar-refractivity contribution in [3.63, 3.8) is 0 Å². The molecule has 6 aromatic rings. The SMILES string of the molecule is [I][Cu]([PH](c1ccccc1)(c1ccccc1)c1ccccc1)[PH](c1ccccc1)(c1ccccc1)c1ccccc1. The Morgan fingerprint density at radius 1 is 0.275 bits per heavy atom. The van der Waals surface area contributed by atoms with Crippen LogP contribution in [0.2, 0.25) is 0 Å². The minimum atomic E-state index is -2.64. The van der Waals surface area contributed by atoms with Crippen LogP contribution in [0.5, 0.6) is 0 Å². The number of rotatable bonds is 8. The quantitative estimate of drug-likeness (QED) is 0.0886. The first-order valence-corrected chi connectivity index (χ1v) is 22.8. The summed E-state index contributed by atoms with van der Waals surface area (Å²) in [6, 6.07) is 68.4. The van der Waals surface area contributed by atoms with E-state index in [9.17, 15) is 0 Å². The molecule has 0 N–H and O–H groups in total. The van der Waals surface area contributed by atoms with E-state index in [0.29, 0.717) is 0 Å². The van der Waals surface area contributed by atoms with Crippen LogP contribution in [-0.2, 0) is 9.77 Å². The Hall–Kier alpha value is -2.57. The van der Waals surface area contributed by atoms with Crippen LogP contribution in [0.1, 0.15) is 0 Å². The molecule has 0 radical (unpaired) electrons. The molecule has 0 heterocycles. The van der Waals surface area contributed by atoms with Gasteiger partial charge >= 0.3 is 256 Å². The van der Waals surface area contributed by atoms with E-state index in [1.165, 1.54) is 31.8 Å². The van der Waals surface area contributed by atoms with Gasteiger partial charge in [-0.1, -0.05) is 0 Å². The van der Waals surface area contributed by atoms with Gasteiger partial charge in [-0.25, -0.2) is 0 Å². The first-order chi connectivity index (χ1) is 19.8. The predicted octanol–water partition coefficient (Wildman–Crippen LogP) is 7.24. The van der Waals surface area contributed by atoms with E-state index in [1.807, 2.05) is 0 Å². The van der Waals surface area contributed by atoms with Crippen molar-refractivity contribution in [3.8, 4) is 0 Å². The molecular weight excluding hydrogens is 685 g/mol. The number of halogens is 1. The molecular formula is C36H32CuIP2. The van der Waals surface area contributed by atoms with Gasteiger partial charge in [-0.3, -0.25) is 0 Å². The minimum absolute atomic E-state index is 0.0150. The number of hydrogen-bond donors (Lipinski definition) is 0. The number of hydrogen-bond acceptors (Lipinski definition) is 0. The summed E-state index contributed by atoms with van der Waals surface area (Å²) in [5, 5.41) is 8.76. The second-order valence-corrected chi connectivity index (χ2v) is 31.8. The summed E-state index contributed by atoms with van der Waals surface area (Å²) in [6.07, 6.45) is 0. The Kier molecular flexibility index (Phi) is 8.64. The van der Waals surface area contributed by atoms with E-state index >= 15 is 0 Å². The first-order valence-electron chi connectivity index (χ1n) is 13.4. The molecule has 4 heteroatoms.